The van der Waals surface area contributed by atoms with Crippen molar-refractivity contribution < 1.29 is 9.18 Å². The van der Waals surface area contributed by atoms with Gasteiger partial charge in [0.25, 0.3) is 11.5 Å². The maximum Gasteiger partial charge on any atom is 0.274 e. The molecule has 1 aromatic heterocycles. The van der Waals surface area contributed by atoms with Crippen LogP contribution in [0.25, 0.3) is 0 Å². The summed E-state index contributed by atoms with van der Waals surface area (Å²) < 4.78 is 12.5. The molecule has 1 rings (SSSR count). The van der Waals surface area contributed by atoms with Crippen molar-refractivity contribution in [2.24, 2.45) is 0 Å². The van der Waals surface area contributed by atoms with Crippen molar-refractivity contribution in [3.63, 3.8) is 0 Å². The number of amides is 1. The van der Waals surface area contributed by atoms with Gasteiger partial charge in [0.05, 0.1) is 11.4 Å². The van der Waals surface area contributed by atoms with Gasteiger partial charge in [-0.1, -0.05) is 24.9 Å². The fourth-order valence-electron chi connectivity index (χ4n) is 1.43. The summed E-state index contributed by atoms with van der Waals surface area (Å²) in [6, 6.07) is 3.56. The Bertz CT molecular complexity index is 396. The number of nitrogens with one attached hydrogen (secondary N) is 1. The van der Waals surface area contributed by atoms with Gasteiger partial charge < -0.3 is 5.32 Å². The summed E-state index contributed by atoms with van der Waals surface area (Å²) in [6.07, 6.45) is 3.09. The van der Waals surface area contributed by atoms with Gasteiger partial charge in [0, 0.05) is 5.69 Å². The number of hydrogen-bond acceptors (Lipinski definition) is 2. The van der Waals surface area contributed by atoms with E-state index in [1.54, 1.807) is 13.0 Å². The standard InChI is InChI=1S/C12H16ClFN2O/c1-3-4-5-9-6-7-10(8(2)15-9)16-12(17)11(13)14/h6-7,11H,3-5H2,1-2H3,(H,16,17). The number of halogens is 2. The van der Waals surface area contributed by atoms with Crippen molar-refractivity contribution in [1.29, 1.82) is 0 Å². The summed E-state index contributed by atoms with van der Waals surface area (Å²) >= 11 is 5.03. The molecular weight excluding hydrogens is 243 g/mol. The molecule has 0 aromatic carbocycles. The number of nitrogens with zero attached hydrogens (tertiary/aromatic N) is 1. The monoisotopic (exact) mass is 258 g/mol. The van der Waals surface area contributed by atoms with Crippen LogP contribution in [0.5, 0.6) is 0 Å². The van der Waals surface area contributed by atoms with Gasteiger partial charge in [0.1, 0.15) is 0 Å². The highest BCUT2D eigenvalue weighted by Crippen LogP contribution is 2.15. The highest BCUT2D eigenvalue weighted by Gasteiger charge is 2.14. The van der Waals surface area contributed by atoms with Crippen LogP contribution >= 0.6 is 11.6 Å². The minimum Gasteiger partial charge on any atom is -0.321 e. The number of alkyl halides is 2. The Morgan fingerprint density at radius 3 is 2.82 bits per heavy atom. The minimum atomic E-state index is -2.03. The second-order valence-electron chi connectivity index (χ2n) is 3.83. The number of carbonyl (C=O) groups excluding carboxylic acids is 1. The van der Waals surface area contributed by atoms with Crippen molar-refractivity contribution in [2.75, 3.05) is 5.32 Å². The second kappa shape index (κ2) is 6.55. The van der Waals surface area contributed by atoms with E-state index in [2.05, 4.69) is 17.2 Å². The Morgan fingerprint density at radius 2 is 2.29 bits per heavy atom. The molecule has 0 saturated heterocycles. The molecule has 94 valence electrons. The Kier molecular flexibility index (Phi) is 5.35. The Hall–Kier alpha value is -1.16. The van der Waals surface area contributed by atoms with Gasteiger partial charge in [0.2, 0.25) is 0 Å². The van der Waals surface area contributed by atoms with Crippen molar-refractivity contribution in [3.05, 3.63) is 23.5 Å². The molecule has 1 unspecified atom stereocenters. The quantitative estimate of drug-likeness (QED) is 0.824. The van der Waals surface area contributed by atoms with Gasteiger partial charge in [0.15, 0.2) is 0 Å². The van der Waals surface area contributed by atoms with Crippen LogP contribution in [-0.4, -0.2) is 16.5 Å². The molecule has 0 fully saturated rings. The normalized spacial score (nSPS) is 12.2. The van der Waals surface area contributed by atoms with E-state index in [1.165, 1.54) is 0 Å². The summed E-state index contributed by atoms with van der Waals surface area (Å²) in [4.78, 5) is 15.4. The molecule has 3 nitrogen and oxygen atoms in total. The third kappa shape index (κ3) is 4.30. The third-order valence-corrected chi connectivity index (χ3v) is 2.58. The molecule has 0 bridgehead atoms. The van der Waals surface area contributed by atoms with Crippen LogP contribution < -0.4 is 5.32 Å². The van der Waals surface area contributed by atoms with E-state index in [0.29, 0.717) is 11.4 Å². The highest BCUT2D eigenvalue weighted by molar-refractivity contribution is 6.31. The first-order valence-electron chi connectivity index (χ1n) is 5.60. The van der Waals surface area contributed by atoms with Gasteiger partial charge >= 0.3 is 0 Å². The summed E-state index contributed by atoms with van der Waals surface area (Å²) in [5, 5.41) is 2.38. The van der Waals surface area contributed by atoms with Gasteiger partial charge in [-0.15, -0.1) is 0 Å². The maximum atomic E-state index is 12.5. The number of aryl methyl sites for hydroxylation is 2. The molecule has 0 aliphatic heterocycles. The van der Waals surface area contributed by atoms with Crippen molar-refractivity contribution >= 4 is 23.2 Å². The number of aromatic nitrogens is 1. The Balaban J connectivity index is 2.72. The summed E-state index contributed by atoms with van der Waals surface area (Å²) in [6.45, 7) is 3.88. The molecule has 17 heavy (non-hydrogen) atoms. The molecular formula is C12H16ClFN2O. The van der Waals surface area contributed by atoms with Crippen LogP contribution in [0.4, 0.5) is 10.1 Å². The number of anilines is 1. The van der Waals surface area contributed by atoms with Crippen LogP contribution in [0.2, 0.25) is 0 Å². The summed E-state index contributed by atoms with van der Waals surface area (Å²) in [5.74, 6) is -0.863. The molecule has 5 heteroatoms. The van der Waals surface area contributed by atoms with Crippen LogP contribution in [0.15, 0.2) is 12.1 Å². The van der Waals surface area contributed by atoms with E-state index < -0.39 is 11.5 Å². The smallest absolute Gasteiger partial charge is 0.274 e. The van der Waals surface area contributed by atoms with Gasteiger partial charge in [-0.25, -0.2) is 4.39 Å². The lowest BCUT2D eigenvalue weighted by molar-refractivity contribution is -0.118. The minimum absolute atomic E-state index is 0.499. The maximum absolute atomic E-state index is 12.5. The predicted octanol–water partition coefficient (Wildman–Crippen LogP) is 3.21. The number of unbranched alkanes of at least 4 members (excludes halogenated alkanes) is 1. The average Bonchev–Trinajstić information content (AvgIpc) is 2.29. The zero-order valence-corrected chi connectivity index (χ0v) is 10.7. The number of rotatable bonds is 5. The first kappa shape index (κ1) is 13.9. The largest absolute Gasteiger partial charge is 0.321 e. The Morgan fingerprint density at radius 1 is 1.59 bits per heavy atom. The lowest BCUT2D eigenvalue weighted by atomic mass is 10.1. The van der Waals surface area contributed by atoms with E-state index in [9.17, 15) is 9.18 Å². The predicted molar refractivity (Wildman–Crippen MR) is 67.0 cm³/mol. The average molecular weight is 259 g/mol. The van der Waals surface area contributed by atoms with Crippen LogP contribution in [-0.2, 0) is 11.2 Å². The fourth-order valence-corrected chi connectivity index (χ4v) is 1.48. The first-order chi connectivity index (χ1) is 8.04. The zero-order valence-electron chi connectivity index (χ0n) is 9.96. The second-order valence-corrected chi connectivity index (χ2v) is 4.21. The van der Waals surface area contributed by atoms with Crippen molar-refractivity contribution in [1.82, 2.24) is 4.98 Å². The first-order valence-corrected chi connectivity index (χ1v) is 6.03. The molecule has 1 N–H and O–H groups in total. The molecule has 0 aliphatic rings. The fraction of sp³-hybridized carbons (Fsp3) is 0.500. The van der Waals surface area contributed by atoms with E-state index in [4.69, 9.17) is 11.6 Å². The van der Waals surface area contributed by atoms with Crippen LogP contribution in [0.3, 0.4) is 0 Å². The van der Waals surface area contributed by atoms with E-state index >= 15 is 0 Å². The molecule has 1 amide bonds. The SMILES string of the molecule is CCCCc1ccc(NC(=O)C(F)Cl)c(C)n1. The Labute approximate surface area is 105 Å². The third-order valence-electron chi connectivity index (χ3n) is 2.39. The van der Waals surface area contributed by atoms with Crippen LogP contribution in [0.1, 0.15) is 31.2 Å². The van der Waals surface area contributed by atoms with Gasteiger partial charge in [-0.2, -0.15) is 0 Å². The molecule has 0 saturated carbocycles. The highest BCUT2D eigenvalue weighted by atomic mass is 35.5. The summed E-state index contributed by atoms with van der Waals surface area (Å²) in [7, 11) is 0. The molecule has 1 heterocycles. The summed E-state index contributed by atoms with van der Waals surface area (Å²) in [5.41, 5.74) is 0.113. The molecule has 0 aliphatic carbocycles. The molecule has 1 atom stereocenters. The molecule has 0 spiro atoms. The van der Waals surface area contributed by atoms with E-state index in [0.717, 1.165) is 25.0 Å². The molecule has 1 aromatic rings. The van der Waals surface area contributed by atoms with E-state index in [1.807, 2.05) is 6.07 Å². The van der Waals surface area contributed by atoms with Gasteiger partial charge in [-0.3, -0.25) is 9.78 Å². The van der Waals surface area contributed by atoms with Crippen LogP contribution in [0, 0.1) is 6.92 Å². The topological polar surface area (TPSA) is 42.0 Å². The zero-order chi connectivity index (χ0) is 12.8. The lowest BCUT2D eigenvalue weighted by Gasteiger charge is -2.09. The molecule has 0 radical (unpaired) electrons. The number of carbonyl (C=O) groups is 1. The van der Waals surface area contributed by atoms with E-state index in [-0.39, 0.29) is 0 Å². The number of hydrogen-bond donors (Lipinski definition) is 1. The number of pyridine rings is 1. The van der Waals surface area contributed by atoms with Crippen molar-refractivity contribution in [3.8, 4) is 0 Å². The lowest BCUT2D eigenvalue weighted by Crippen LogP contribution is -2.20. The van der Waals surface area contributed by atoms with Gasteiger partial charge in [-0.05, 0) is 31.9 Å². The van der Waals surface area contributed by atoms with Crippen molar-refractivity contribution in [2.45, 2.75) is 38.7 Å².